The smallest absolute Gasteiger partial charge is 0.226 e. The van der Waals surface area contributed by atoms with Crippen molar-refractivity contribution in [1.29, 1.82) is 0 Å². The third-order valence-corrected chi connectivity index (χ3v) is 7.67. The molecule has 0 radical (unpaired) electrons. The maximum atomic E-state index is 13.0. The fourth-order valence-electron chi connectivity index (χ4n) is 5.85. The molecule has 4 aromatic rings. The van der Waals surface area contributed by atoms with Gasteiger partial charge in [0.25, 0.3) is 0 Å². The number of hydrogen-bond acceptors (Lipinski definition) is 8. The molecule has 10 nitrogen and oxygen atoms in total. The van der Waals surface area contributed by atoms with Gasteiger partial charge in [0.2, 0.25) is 5.91 Å². The van der Waals surface area contributed by atoms with Gasteiger partial charge < -0.3 is 20.3 Å². The number of anilines is 1. The van der Waals surface area contributed by atoms with E-state index in [0.717, 1.165) is 28.8 Å². The van der Waals surface area contributed by atoms with Crippen LogP contribution in [0, 0.1) is 25.2 Å². The minimum absolute atomic E-state index is 0.0256. The minimum atomic E-state index is -0.670. The molecular weight excluding hydrogens is 480 g/mol. The standard InChI is InChI=1S/C28H32N8O2/c1-15(2)33-27(38)28-9-20(28)23(21(37)10-28)36-14-32-22-25(31-13-19-8-16(3)5-6-30-19)34-24(35-26(22)36)18-7-17(4)11-29-12-18/h5-8,11-12,14-15,20-21,23,37H,9-10,13H2,1-4H3,(H,33,38)(H,31,34,35)/t20-,21-,23?,28+/m1/s1. The van der Waals surface area contributed by atoms with Crippen LogP contribution in [0.15, 0.2) is 43.1 Å². The number of amides is 1. The Morgan fingerprint density at radius 3 is 2.76 bits per heavy atom. The van der Waals surface area contributed by atoms with Crippen LogP contribution in [0.25, 0.3) is 22.6 Å². The zero-order valence-corrected chi connectivity index (χ0v) is 22.0. The molecule has 0 aliphatic heterocycles. The van der Waals surface area contributed by atoms with Gasteiger partial charge in [-0.1, -0.05) is 0 Å². The first-order valence-corrected chi connectivity index (χ1v) is 13.1. The van der Waals surface area contributed by atoms with E-state index in [1.165, 1.54) is 0 Å². The largest absolute Gasteiger partial charge is 0.391 e. The molecule has 2 aliphatic rings. The van der Waals surface area contributed by atoms with Crippen molar-refractivity contribution in [2.75, 3.05) is 5.32 Å². The first-order chi connectivity index (χ1) is 18.2. The highest BCUT2D eigenvalue weighted by molar-refractivity contribution is 5.88. The number of aliphatic hydroxyl groups excluding tert-OH is 1. The molecule has 0 bridgehead atoms. The van der Waals surface area contributed by atoms with Crippen molar-refractivity contribution in [3.8, 4) is 11.4 Å². The second kappa shape index (κ2) is 9.13. The molecular formula is C28H32N8O2. The van der Waals surface area contributed by atoms with Gasteiger partial charge in [-0.3, -0.25) is 14.8 Å². The van der Waals surface area contributed by atoms with E-state index in [0.29, 0.717) is 35.8 Å². The van der Waals surface area contributed by atoms with Crippen LogP contribution in [0.2, 0.25) is 0 Å². The average Bonchev–Trinajstić information content (AvgIpc) is 3.29. The van der Waals surface area contributed by atoms with Crippen LogP contribution in [0.5, 0.6) is 0 Å². The lowest BCUT2D eigenvalue weighted by Gasteiger charge is -2.20. The van der Waals surface area contributed by atoms with Crippen LogP contribution in [0.4, 0.5) is 5.82 Å². The van der Waals surface area contributed by atoms with E-state index in [9.17, 15) is 9.90 Å². The van der Waals surface area contributed by atoms with Crippen molar-refractivity contribution >= 4 is 22.9 Å². The second-order valence-corrected chi connectivity index (χ2v) is 11.0. The molecule has 1 unspecified atom stereocenters. The maximum Gasteiger partial charge on any atom is 0.226 e. The second-order valence-electron chi connectivity index (χ2n) is 11.0. The molecule has 4 atom stereocenters. The van der Waals surface area contributed by atoms with Gasteiger partial charge >= 0.3 is 0 Å². The molecule has 4 heterocycles. The fourth-order valence-corrected chi connectivity index (χ4v) is 5.85. The van der Waals surface area contributed by atoms with Crippen molar-refractivity contribution < 1.29 is 9.90 Å². The molecule has 6 rings (SSSR count). The molecule has 4 aromatic heterocycles. The molecule has 0 aromatic carbocycles. The molecule has 38 heavy (non-hydrogen) atoms. The number of pyridine rings is 2. The molecule has 0 saturated heterocycles. The average molecular weight is 513 g/mol. The summed E-state index contributed by atoms with van der Waals surface area (Å²) in [6.45, 7) is 8.39. The number of rotatable bonds is 7. The van der Waals surface area contributed by atoms with Gasteiger partial charge in [0.1, 0.15) is 5.52 Å². The summed E-state index contributed by atoms with van der Waals surface area (Å²) in [6, 6.07) is 5.75. The Labute approximate surface area is 221 Å². The summed E-state index contributed by atoms with van der Waals surface area (Å²) in [5.74, 6) is 1.15. The van der Waals surface area contributed by atoms with Crippen LogP contribution in [0.3, 0.4) is 0 Å². The summed E-state index contributed by atoms with van der Waals surface area (Å²) in [7, 11) is 0. The van der Waals surface area contributed by atoms with E-state index in [-0.39, 0.29) is 23.9 Å². The zero-order valence-electron chi connectivity index (χ0n) is 22.0. The Bertz CT molecular complexity index is 1530. The van der Waals surface area contributed by atoms with Crippen molar-refractivity contribution in [3.05, 3.63) is 59.9 Å². The normalized spacial score (nSPS) is 24.0. The van der Waals surface area contributed by atoms with E-state index in [2.05, 4.69) is 25.6 Å². The van der Waals surface area contributed by atoms with Crippen LogP contribution in [-0.4, -0.2) is 52.6 Å². The summed E-state index contributed by atoms with van der Waals surface area (Å²) in [6.07, 6.45) is 7.55. The number of carbonyl (C=O) groups is 1. The maximum absolute atomic E-state index is 13.0. The van der Waals surface area contributed by atoms with Gasteiger partial charge in [-0.15, -0.1) is 0 Å². The summed E-state index contributed by atoms with van der Waals surface area (Å²) in [5.41, 5.74) is 4.51. The zero-order chi connectivity index (χ0) is 26.6. The van der Waals surface area contributed by atoms with Crippen LogP contribution in [0.1, 0.15) is 49.6 Å². The Morgan fingerprint density at radius 1 is 1.16 bits per heavy atom. The molecule has 1 amide bonds. The number of aryl methyl sites for hydroxylation is 2. The first kappa shape index (κ1) is 24.4. The lowest BCUT2D eigenvalue weighted by molar-refractivity contribution is -0.127. The minimum Gasteiger partial charge on any atom is -0.391 e. The molecule has 3 N–H and O–H groups in total. The molecule has 2 fully saturated rings. The quantitative estimate of drug-likeness (QED) is 0.344. The number of aromatic nitrogens is 6. The molecule has 0 spiro atoms. The third kappa shape index (κ3) is 4.18. The molecule has 2 saturated carbocycles. The third-order valence-electron chi connectivity index (χ3n) is 7.67. The van der Waals surface area contributed by atoms with E-state index >= 15 is 0 Å². The highest BCUT2D eigenvalue weighted by Gasteiger charge is 2.70. The number of fused-ring (bicyclic) bond motifs is 2. The van der Waals surface area contributed by atoms with Crippen molar-refractivity contribution in [2.45, 2.75) is 65.3 Å². The van der Waals surface area contributed by atoms with Gasteiger partial charge in [0, 0.05) is 30.2 Å². The number of nitrogens with one attached hydrogen (secondary N) is 2. The lowest BCUT2D eigenvalue weighted by atomic mass is 10.0. The Morgan fingerprint density at radius 2 is 2.00 bits per heavy atom. The molecule has 196 valence electrons. The summed E-state index contributed by atoms with van der Waals surface area (Å²) < 4.78 is 1.94. The van der Waals surface area contributed by atoms with Gasteiger partial charge in [-0.25, -0.2) is 15.0 Å². The van der Waals surface area contributed by atoms with E-state index in [1.54, 1.807) is 24.9 Å². The SMILES string of the molecule is Cc1cncc(-c2nc(NCc3cc(C)ccn3)c3ncn(C4[C@H](O)C[C@@]5(C(=O)NC(C)C)C[C@H]45)c3n2)c1. The highest BCUT2D eigenvalue weighted by Crippen LogP contribution is 2.68. The van der Waals surface area contributed by atoms with Crippen LogP contribution < -0.4 is 10.6 Å². The van der Waals surface area contributed by atoms with E-state index in [1.807, 2.05) is 50.5 Å². The van der Waals surface area contributed by atoms with Crippen molar-refractivity contribution in [2.24, 2.45) is 11.3 Å². The van der Waals surface area contributed by atoms with Gasteiger partial charge in [-0.2, -0.15) is 0 Å². The first-order valence-electron chi connectivity index (χ1n) is 13.1. The molecule has 2 aliphatic carbocycles. The van der Waals surface area contributed by atoms with Gasteiger partial charge in [0.05, 0.1) is 36.1 Å². The number of carbonyl (C=O) groups excluding carboxylic acids is 1. The topological polar surface area (TPSA) is 131 Å². The predicted octanol–water partition coefficient (Wildman–Crippen LogP) is 3.35. The van der Waals surface area contributed by atoms with Crippen LogP contribution >= 0.6 is 0 Å². The molecule has 10 heteroatoms. The van der Waals surface area contributed by atoms with Gasteiger partial charge in [0.15, 0.2) is 17.3 Å². The summed E-state index contributed by atoms with van der Waals surface area (Å²) in [5, 5.41) is 17.6. The monoisotopic (exact) mass is 512 g/mol. The lowest BCUT2D eigenvalue weighted by Crippen LogP contribution is -2.37. The van der Waals surface area contributed by atoms with Crippen molar-refractivity contribution in [1.82, 2.24) is 34.8 Å². The van der Waals surface area contributed by atoms with E-state index in [4.69, 9.17) is 9.97 Å². The predicted molar refractivity (Wildman–Crippen MR) is 143 cm³/mol. The number of hydrogen-bond donors (Lipinski definition) is 3. The number of imidazole rings is 1. The van der Waals surface area contributed by atoms with E-state index < -0.39 is 11.5 Å². The fraction of sp³-hybridized carbons (Fsp3) is 0.429. The number of nitrogens with zero attached hydrogens (tertiary/aromatic N) is 6. The Kier molecular flexibility index (Phi) is 5.86. The summed E-state index contributed by atoms with van der Waals surface area (Å²) in [4.78, 5) is 36.2. The van der Waals surface area contributed by atoms with Gasteiger partial charge in [-0.05, 0) is 75.8 Å². The Balaban J connectivity index is 1.40. The number of aliphatic hydroxyl groups is 1. The highest BCUT2D eigenvalue weighted by atomic mass is 16.3. The Hall–Kier alpha value is -3.92. The van der Waals surface area contributed by atoms with Crippen molar-refractivity contribution in [3.63, 3.8) is 0 Å². The summed E-state index contributed by atoms with van der Waals surface area (Å²) >= 11 is 0. The van der Waals surface area contributed by atoms with Crippen LogP contribution in [-0.2, 0) is 11.3 Å².